The maximum Gasteiger partial charge on any atom is 0.319 e. The Balaban J connectivity index is 2.29. The van der Waals surface area contributed by atoms with Crippen LogP contribution in [-0.2, 0) is 20.7 Å². The summed E-state index contributed by atoms with van der Waals surface area (Å²) in [5.74, 6) is -0.400. The van der Waals surface area contributed by atoms with Crippen molar-refractivity contribution in [3.8, 4) is 0 Å². The van der Waals surface area contributed by atoms with Crippen LogP contribution in [0.5, 0.6) is 0 Å². The van der Waals surface area contributed by atoms with Crippen LogP contribution in [0, 0.1) is 5.41 Å². The zero-order valence-electron chi connectivity index (χ0n) is 10.9. The van der Waals surface area contributed by atoms with E-state index in [1.54, 1.807) is 19.1 Å². The molecule has 0 N–H and O–H groups in total. The second-order valence-corrected chi connectivity index (χ2v) is 5.32. The number of carbonyl (C=O) groups excluding carboxylic acids is 2. The number of ketones is 1. The second kappa shape index (κ2) is 5.74. The number of halogens is 1. The fraction of sp³-hybridized carbons (Fsp3) is 0.467. The number of carbonyl (C=O) groups is 2. The zero-order valence-corrected chi connectivity index (χ0v) is 11.7. The summed E-state index contributed by atoms with van der Waals surface area (Å²) in [6.07, 6.45) is 2.15. The fourth-order valence-corrected chi connectivity index (χ4v) is 2.88. The third kappa shape index (κ3) is 2.81. The van der Waals surface area contributed by atoms with Crippen LogP contribution in [0.15, 0.2) is 24.3 Å². The average Bonchev–Trinajstić information content (AvgIpc) is 2.72. The topological polar surface area (TPSA) is 43.4 Å². The van der Waals surface area contributed by atoms with Crippen LogP contribution in [0.4, 0.5) is 0 Å². The number of rotatable bonds is 4. The van der Waals surface area contributed by atoms with Gasteiger partial charge in [0.15, 0.2) is 5.78 Å². The van der Waals surface area contributed by atoms with Crippen molar-refractivity contribution in [2.24, 2.45) is 5.41 Å². The van der Waals surface area contributed by atoms with Crippen molar-refractivity contribution in [3.05, 3.63) is 34.9 Å². The number of ether oxygens (including phenoxy) is 1. The minimum absolute atomic E-state index is 0.00840. The third-order valence-corrected chi connectivity index (χ3v) is 3.84. The van der Waals surface area contributed by atoms with Crippen LogP contribution in [0.25, 0.3) is 0 Å². The lowest BCUT2D eigenvalue weighted by molar-refractivity contribution is -0.158. The average molecular weight is 281 g/mol. The molecular formula is C15H17ClO3. The first-order valence-electron chi connectivity index (χ1n) is 6.53. The predicted molar refractivity (Wildman–Crippen MR) is 73.1 cm³/mol. The first kappa shape index (κ1) is 14.1. The summed E-state index contributed by atoms with van der Waals surface area (Å²) in [4.78, 5) is 24.4. The molecule has 1 atom stereocenters. The summed E-state index contributed by atoms with van der Waals surface area (Å²) in [6, 6.07) is 7.29. The van der Waals surface area contributed by atoms with Gasteiger partial charge in [0.05, 0.1) is 6.61 Å². The molecule has 0 aliphatic heterocycles. The molecule has 4 heteroatoms. The quantitative estimate of drug-likeness (QED) is 0.628. The van der Waals surface area contributed by atoms with Gasteiger partial charge >= 0.3 is 5.97 Å². The van der Waals surface area contributed by atoms with Crippen molar-refractivity contribution in [2.75, 3.05) is 6.61 Å². The molecule has 1 aliphatic rings. The molecule has 1 aromatic carbocycles. The highest BCUT2D eigenvalue weighted by atomic mass is 35.5. The standard InChI is InChI=1S/C15H17ClO3/c1-2-19-14(18)15(8-4-7-13(15)17)10-11-5-3-6-12(16)9-11/h3,5-6,9H,2,4,7-8,10H2,1H3. The summed E-state index contributed by atoms with van der Waals surface area (Å²) in [6.45, 7) is 2.05. The molecule has 1 fully saturated rings. The van der Waals surface area contributed by atoms with Crippen LogP contribution < -0.4 is 0 Å². The largest absolute Gasteiger partial charge is 0.465 e. The van der Waals surface area contributed by atoms with Crippen LogP contribution in [0.3, 0.4) is 0 Å². The van der Waals surface area contributed by atoms with Gasteiger partial charge < -0.3 is 4.74 Å². The smallest absolute Gasteiger partial charge is 0.319 e. The van der Waals surface area contributed by atoms with E-state index in [-0.39, 0.29) is 5.78 Å². The molecule has 0 bridgehead atoms. The lowest BCUT2D eigenvalue weighted by Crippen LogP contribution is -2.39. The Hall–Kier alpha value is -1.35. The van der Waals surface area contributed by atoms with Crippen LogP contribution >= 0.6 is 11.6 Å². The molecule has 0 saturated heterocycles. The normalized spacial score (nSPS) is 22.5. The van der Waals surface area contributed by atoms with Gasteiger partial charge in [0.1, 0.15) is 5.41 Å². The Morgan fingerprint density at radius 2 is 2.26 bits per heavy atom. The van der Waals surface area contributed by atoms with Crippen molar-refractivity contribution in [2.45, 2.75) is 32.6 Å². The lowest BCUT2D eigenvalue weighted by atomic mass is 9.79. The van der Waals surface area contributed by atoms with E-state index < -0.39 is 11.4 Å². The minimum atomic E-state index is -0.999. The monoisotopic (exact) mass is 280 g/mol. The van der Waals surface area contributed by atoms with Gasteiger partial charge in [0.2, 0.25) is 0 Å². The highest BCUT2D eigenvalue weighted by Crippen LogP contribution is 2.39. The van der Waals surface area contributed by atoms with Gasteiger partial charge in [-0.05, 0) is 43.9 Å². The van der Waals surface area contributed by atoms with Gasteiger partial charge in [-0.15, -0.1) is 0 Å². The number of Topliss-reactive ketones (excluding diaryl/α,β-unsaturated/α-hetero) is 1. The molecule has 0 heterocycles. The van der Waals surface area contributed by atoms with E-state index in [9.17, 15) is 9.59 Å². The molecule has 0 aromatic heterocycles. The number of esters is 1. The summed E-state index contributed by atoms with van der Waals surface area (Å²) >= 11 is 5.95. The Morgan fingerprint density at radius 1 is 1.47 bits per heavy atom. The molecule has 1 saturated carbocycles. The van der Waals surface area contributed by atoms with E-state index in [1.165, 1.54) is 0 Å². The van der Waals surface area contributed by atoms with Gasteiger partial charge in [-0.2, -0.15) is 0 Å². The number of benzene rings is 1. The van der Waals surface area contributed by atoms with Crippen molar-refractivity contribution in [1.82, 2.24) is 0 Å². The summed E-state index contributed by atoms with van der Waals surface area (Å²) in [7, 11) is 0. The van der Waals surface area contributed by atoms with E-state index >= 15 is 0 Å². The van der Waals surface area contributed by atoms with Crippen molar-refractivity contribution in [3.63, 3.8) is 0 Å². The molecule has 1 aliphatic carbocycles. The van der Waals surface area contributed by atoms with E-state index in [2.05, 4.69) is 0 Å². The van der Waals surface area contributed by atoms with Gasteiger partial charge in [0, 0.05) is 11.4 Å². The molecule has 19 heavy (non-hydrogen) atoms. The lowest BCUT2D eigenvalue weighted by Gasteiger charge is -2.25. The van der Waals surface area contributed by atoms with Crippen molar-refractivity contribution < 1.29 is 14.3 Å². The maximum atomic E-state index is 12.2. The van der Waals surface area contributed by atoms with Crippen molar-refractivity contribution >= 4 is 23.4 Å². The highest BCUT2D eigenvalue weighted by molar-refractivity contribution is 6.30. The number of hydrogen-bond donors (Lipinski definition) is 0. The van der Waals surface area contributed by atoms with Gasteiger partial charge in [-0.3, -0.25) is 9.59 Å². The highest BCUT2D eigenvalue weighted by Gasteiger charge is 2.49. The number of hydrogen-bond acceptors (Lipinski definition) is 3. The molecule has 2 rings (SSSR count). The summed E-state index contributed by atoms with van der Waals surface area (Å²) < 4.78 is 5.11. The van der Waals surface area contributed by atoms with E-state index in [4.69, 9.17) is 16.3 Å². The predicted octanol–water partition coefficient (Wildman–Crippen LogP) is 3.19. The van der Waals surface area contributed by atoms with Gasteiger partial charge in [-0.25, -0.2) is 0 Å². The van der Waals surface area contributed by atoms with Crippen LogP contribution in [0.2, 0.25) is 5.02 Å². The first-order valence-corrected chi connectivity index (χ1v) is 6.91. The minimum Gasteiger partial charge on any atom is -0.465 e. The molecular weight excluding hydrogens is 264 g/mol. The SMILES string of the molecule is CCOC(=O)C1(Cc2cccc(Cl)c2)CCCC1=O. The Bertz CT molecular complexity index is 498. The second-order valence-electron chi connectivity index (χ2n) is 4.89. The van der Waals surface area contributed by atoms with Crippen LogP contribution in [0.1, 0.15) is 31.7 Å². The third-order valence-electron chi connectivity index (χ3n) is 3.60. The molecule has 0 radical (unpaired) electrons. The molecule has 102 valence electrons. The van der Waals surface area contributed by atoms with E-state index in [0.29, 0.717) is 30.9 Å². The molecule has 3 nitrogen and oxygen atoms in total. The molecule has 1 aromatic rings. The van der Waals surface area contributed by atoms with Gasteiger partial charge in [0.25, 0.3) is 0 Å². The summed E-state index contributed by atoms with van der Waals surface area (Å²) in [5.41, 5.74) is -0.100. The van der Waals surface area contributed by atoms with Crippen molar-refractivity contribution in [1.29, 1.82) is 0 Å². The van der Waals surface area contributed by atoms with Gasteiger partial charge in [-0.1, -0.05) is 23.7 Å². The van der Waals surface area contributed by atoms with E-state index in [1.807, 2.05) is 12.1 Å². The Labute approximate surface area is 117 Å². The molecule has 0 spiro atoms. The first-order chi connectivity index (χ1) is 9.08. The Kier molecular flexibility index (Phi) is 4.25. The summed E-state index contributed by atoms with van der Waals surface area (Å²) in [5, 5.41) is 0.613. The molecule has 0 amide bonds. The zero-order chi connectivity index (χ0) is 13.9. The fourth-order valence-electron chi connectivity index (χ4n) is 2.67. The maximum absolute atomic E-state index is 12.2. The Morgan fingerprint density at radius 3 is 2.84 bits per heavy atom. The van der Waals surface area contributed by atoms with Crippen LogP contribution in [-0.4, -0.2) is 18.4 Å². The molecule has 1 unspecified atom stereocenters. The van der Waals surface area contributed by atoms with E-state index in [0.717, 1.165) is 12.0 Å².